The molecule has 154 valence electrons. The number of aryl methyl sites for hydroxylation is 1. The predicted molar refractivity (Wildman–Crippen MR) is 113 cm³/mol. The zero-order valence-corrected chi connectivity index (χ0v) is 17.4. The van der Waals surface area contributed by atoms with Crippen LogP contribution >= 0.6 is 0 Å². The van der Waals surface area contributed by atoms with Crippen LogP contribution in [0.4, 0.5) is 11.4 Å². The highest BCUT2D eigenvalue weighted by atomic mass is 32.2. The van der Waals surface area contributed by atoms with Crippen molar-refractivity contribution in [1.29, 1.82) is 0 Å². The first-order chi connectivity index (χ1) is 13.7. The maximum absolute atomic E-state index is 12.5. The summed E-state index contributed by atoms with van der Waals surface area (Å²) >= 11 is 0. The van der Waals surface area contributed by atoms with Crippen molar-refractivity contribution in [3.05, 3.63) is 59.7 Å². The van der Waals surface area contributed by atoms with Crippen molar-refractivity contribution in [2.45, 2.75) is 26.3 Å². The van der Waals surface area contributed by atoms with Gasteiger partial charge in [-0.05, 0) is 36.6 Å². The van der Waals surface area contributed by atoms with Gasteiger partial charge in [-0.3, -0.25) is 9.59 Å². The minimum Gasteiger partial charge on any atom is -0.325 e. The Kier molecular flexibility index (Phi) is 6.34. The molecule has 2 aromatic rings. The van der Waals surface area contributed by atoms with Crippen molar-refractivity contribution in [2.75, 3.05) is 29.6 Å². The second kappa shape index (κ2) is 8.75. The van der Waals surface area contributed by atoms with Gasteiger partial charge in [0.2, 0.25) is 21.8 Å². The van der Waals surface area contributed by atoms with E-state index in [2.05, 4.69) is 5.32 Å². The van der Waals surface area contributed by atoms with Gasteiger partial charge in [-0.2, -0.15) is 4.31 Å². The molecule has 1 saturated heterocycles. The predicted octanol–water partition coefficient (Wildman–Crippen LogP) is 2.52. The fourth-order valence-corrected chi connectivity index (χ4v) is 4.05. The van der Waals surface area contributed by atoms with Gasteiger partial charge in [-0.1, -0.05) is 36.4 Å². The van der Waals surface area contributed by atoms with Crippen molar-refractivity contribution in [2.24, 2.45) is 0 Å². The van der Waals surface area contributed by atoms with Crippen molar-refractivity contribution in [1.82, 2.24) is 4.31 Å². The van der Waals surface area contributed by atoms with Crippen LogP contribution in [0.15, 0.2) is 48.5 Å². The van der Waals surface area contributed by atoms with Crippen LogP contribution in [0.2, 0.25) is 0 Å². The number of hydrogen-bond donors (Lipinski definition) is 1. The highest BCUT2D eigenvalue weighted by Gasteiger charge is 2.24. The van der Waals surface area contributed by atoms with Crippen LogP contribution in [-0.4, -0.2) is 43.9 Å². The summed E-state index contributed by atoms with van der Waals surface area (Å²) in [5.41, 5.74) is 3.05. The number of amides is 2. The zero-order chi connectivity index (χ0) is 21.0. The zero-order valence-electron chi connectivity index (χ0n) is 16.6. The fraction of sp³-hybridized carbons (Fsp3) is 0.333. The minimum absolute atomic E-state index is 0.0719. The molecule has 0 unspecified atom stereocenters. The number of rotatable bonds is 7. The Labute approximate surface area is 171 Å². The molecule has 7 nitrogen and oxygen atoms in total. The molecule has 0 aromatic heterocycles. The largest absolute Gasteiger partial charge is 0.325 e. The molecule has 1 heterocycles. The van der Waals surface area contributed by atoms with Crippen LogP contribution in [0.1, 0.15) is 24.0 Å². The number of benzene rings is 2. The molecule has 0 radical (unpaired) electrons. The highest BCUT2D eigenvalue weighted by Crippen LogP contribution is 2.28. The smallest absolute Gasteiger partial charge is 0.239 e. The summed E-state index contributed by atoms with van der Waals surface area (Å²) in [5, 5.41) is 2.75. The van der Waals surface area contributed by atoms with E-state index in [1.165, 1.54) is 0 Å². The van der Waals surface area contributed by atoms with E-state index in [1.807, 2.05) is 43.3 Å². The SMILES string of the molecule is Cc1ccc(NC(=O)CN(Cc2ccccc2)S(C)(=O)=O)cc1N1CCCC1=O. The van der Waals surface area contributed by atoms with E-state index < -0.39 is 15.9 Å². The average molecular weight is 416 g/mol. The third kappa shape index (κ3) is 5.42. The van der Waals surface area contributed by atoms with Gasteiger partial charge >= 0.3 is 0 Å². The van der Waals surface area contributed by atoms with E-state index >= 15 is 0 Å². The number of anilines is 2. The lowest BCUT2D eigenvalue weighted by atomic mass is 10.1. The molecule has 2 amide bonds. The van der Waals surface area contributed by atoms with Crippen LogP contribution in [0.5, 0.6) is 0 Å². The molecule has 3 rings (SSSR count). The van der Waals surface area contributed by atoms with Crippen molar-refractivity contribution in [3.63, 3.8) is 0 Å². The Morgan fingerprint density at radius 3 is 2.52 bits per heavy atom. The molecule has 0 aliphatic carbocycles. The van der Waals surface area contributed by atoms with Crippen LogP contribution in [0.25, 0.3) is 0 Å². The summed E-state index contributed by atoms with van der Waals surface area (Å²) in [6.45, 7) is 2.40. The summed E-state index contributed by atoms with van der Waals surface area (Å²) in [5.74, 6) is -0.364. The third-order valence-corrected chi connectivity index (χ3v) is 6.04. The van der Waals surface area contributed by atoms with E-state index in [-0.39, 0.29) is 19.0 Å². The lowest BCUT2D eigenvalue weighted by molar-refractivity contribution is -0.117. The van der Waals surface area contributed by atoms with E-state index in [9.17, 15) is 18.0 Å². The molecule has 29 heavy (non-hydrogen) atoms. The number of sulfonamides is 1. The Hall–Kier alpha value is -2.71. The number of carbonyl (C=O) groups excluding carboxylic acids is 2. The monoisotopic (exact) mass is 415 g/mol. The first-order valence-electron chi connectivity index (χ1n) is 9.44. The van der Waals surface area contributed by atoms with E-state index in [0.717, 1.165) is 33.8 Å². The van der Waals surface area contributed by atoms with Gasteiger partial charge in [-0.25, -0.2) is 8.42 Å². The first-order valence-corrected chi connectivity index (χ1v) is 11.3. The van der Waals surface area contributed by atoms with E-state index in [1.54, 1.807) is 17.0 Å². The fourth-order valence-electron chi connectivity index (χ4n) is 3.32. The summed E-state index contributed by atoms with van der Waals surface area (Å²) < 4.78 is 25.4. The molecule has 0 saturated carbocycles. The molecule has 0 spiro atoms. The summed E-state index contributed by atoms with van der Waals surface area (Å²) in [4.78, 5) is 26.3. The minimum atomic E-state index is -3.57. The van der Waals surface area contributed by atoms with Crippen molar-refractivity contribution in [3.8, 4) is 0 Å². The number of carbonyl (C=O) groups is 2. The van der Waals surface area contributed by atoms with Crippen LogP contribution in [-0.2, 0) is 26.2 Å². The molecule has 8 heteroatoms. The standard InChI is InChI=1S/C21H25N3O4S/c1-16-10-11-18(13-19(16)24-12-6-9-21(24)26)22-20(25)15-23(29(2,27)28)14-17-7-4-3-5-8-17/h3-5,7-8,10-11,13H,6,9,12,14-15H2,1-2H3,(H,22,25). The Bertz CT molecular complexity index is 1010. The third-order valence-electron chi connectivity index (χ3n) is 4.85. The molecule has 0 bridgehead atoms. The van der Waals surface area contributed by atoms with Gasteiger partial charge < -0.3 is 10.2 Å². The molecule has 1 N–H and O–H groups in total. The molecule has 1 aliphatic rings. The maximum Gasteiger partial charge on any atom is 0.239 e. The molecular formula is C21H25N3O4S. The van der Waals surface area contributed by atoms with Crippen LogP contribution in [0, 0.1) is 6.92 Å². The molecule has 0 atom stereocenters. The van der Waals surface area contributed by atoms with Crippen LogP contribution < -0.4 is 10.2 Å². The van der Waals surface area contributed by atoms with Crippen molar-refractivity contribution >= 4 is 33.2 Å². The van der Waals surface area contributed by atoms with Gasteiger partial charge in [-0.15, -0.1) is 0 Å². The summed E-state index contributed by atoms with van der Waals surface area (Å²) in [7, 11) is -3.57. The number of hydrogen-bond acceptors (Lipinski definition) is 4. The summed E-state index contributed by atoms with van der Waals surface area (Å²) in [6.07, 6.45) is 2.43. The van der Waals surface area contributed by atoms with Gasteiger partial charge in [0.15, 0.2) is 0 Å². The van der Waals surface area contributed by atoms with Gasteiger partial charge in [0.1, 0.15) is 0 Å². The second-order valence-corrected chi connectivity index (χ2v) is 9.20. The van der Waals surface area contributed by atoms with E-state index in [4.69, 9.17) is 0 Å². The quantitative estimate of drug-likeness (QED) is 0.753. The molecule has 1 aliphatic heterocycles. The Balaban J connectivity index is 1.72. The maximum atomic E-state index is 12.5. The Morgan fingerprint density at radius 1 is 1.17 bits per heavy atom. The highest BCUT2D eigenvalue weighted by molar-refractivity contribution is 7.88. The molecule has 1 fully saturated rings. The lowest BCUT2D eigenvalue weighted by Gasteiger charge is -2.21. The van der Waals surface area contributed by atoms with E-state index in [0.29, 0.717) is 18.7 Å². The van der Waals surface area contributed by atoms with Gasteiger partial charge in [0, 0.05) is 30.9 Å². The van der Waals surface area contributed by atoms with Gasteiger partial charge in [0.25, 0.3) is 0 Å². The second-order valence-electron chi connectivity index (χ2n) is 7.22. The number of nitrogens with zero attached hydrogens (tertiary/aromatic N) is 2. The normalized spacial score (nSPS) is 14.4. The molecular weight excluding hydrogens is 390 g/mol. The van der Waals surface area contributed by atoms with Gasteiger partial charge in [0.05, 0.1) is 12.8 Å². The van der Waals surface area contributed by atoms with Crippen molar-refractivity contribution < 1.29 is 18.0 Å². The van der Waals surface area contributed by atoms with Crippen LogP contribution in [0.3, 0.4) is 0 Å². The lowest BCUT2D eigenvalue weighted by Crippen LogP contribution is -2.36. The Morgan fingerprint density at radius 2 is 1.90 bits per heavy atom. The topological polar surface area (TPSA) is 86.8 Å². The molecule has 2 aromatic carbocycles. The number of nitrogens with one attached hydrogen (secondary N) is 1. The average Bonchev–Trinajstić information content (AvgIpc) is 3.08. The first kappa shape index (κ1) is 21.0. The summed E-state index contributed by atoms with van der Waals surface area (Å²) in [6, 6.07) is 14.5.